The number of aromatic nitrogens is 2. The van der Waals surface area contributed by atoms with E-state index in [0.717, 1.165) is 0 Å². The van der Waals surface area contributed by atoms with Gasteiger partial charge in [0.1, 0.15) is 5.56 Å². The van der Waals surface area contributed by atoms with E-state index in [1.165, 1.54) is 7.11 Å². The fraction of sp³-hybridized carbons (Fsp3) is 0.444. The molecule has 1 amide bonds. The molecule has 0 atom stereocenters. The van der Waals surface area contributed by atoms with Crippen LogP contribution in [0.25, 0.3) is 0 Å². The smallest absolute Gasteiger partial charge is 0.412 e. The van der Waals surface area contributed by atoms with Gasteiger partial charge in [0.2, 0.25) is 0 Å². The van der Waals surface area contributed by atoms with E-state index in [-0.39, 0.29) is 18.0 Å². The molecule has 1 aromatic heterocycles. The summed E-state index contributed by atoms with van der Waals surface area (Å²) in [6.07, 6.45) is -0.697. The van der Waals surface area contributed by atoms with E-state index in [1.807, 2.05) is 0 Å². The lowest BCUT2D eigenvalue weighted by Crippen LogP contribution is -2.15. The summed E-state index contributed by atoms with van der Waals surface area (Å²) >= 11 is 0. The van der Waals surface area contributed by atoms with Crippen molar-refractivity contribution in [1.82, 2.24) is 10.2 Å². The van der Waals surface area contributed by atoms with Gasteiger partial charge in [-0.15, -0.1) is 0 Å². The SMILES string of the molecule is CCOC(=O)c1c(NC(=O)OC)n[nH]c1C. The molecular formula is C9H13N3O4. The van der Waals surface area contributed by atoms with Crippen LogP contribution >= 0.6 is 0 Å². The summed E-state index contributed by atoms with van der Waals surface area (Å²) in [7, 11) is 1.22. The van der Waals surface area contributed by atoms with Crippen molar-refractivity contribution in [1.29, 1.82) is 0 Å². The fourth-order valence-corrected chi connectivity index (χ4v) is 1.12. The van der Waals surface area contributed by atoms with Crippen molar-refractivity contribution in [2.24, 2.45) is 0 Å². The number of anilines is 1. The summed E-state index contributed by atoms with van der Waals surface area (Å²) < 4.78 is 9.23. The maximum Gasteiger partial charge on any atom is 0.412 e. The van der Waals surface area contributed by atoms with Gasteiger partial charge < -0.3 is 9.47 Å². The van der Waals surface area contributed by atoms with Crippen LogP contribution in [0.1, 0.15) is 23.0 Å². The van der Waals surface area contributed by atoms with Gasteiger partial charge in [-0.2, -0.15) is 5.10 Å². The zero-order valence-electron chi connectivity index (χ0n) is 9.29. The molecule has 1 rings (SSSR count). The zero-order chi connectivity index (χ0) is 12.1. The first kappa shape index (κ1) is 12.0. The number of esters is 1. The Hall–Kier alpha value is -2.05. The van der Waals surface area contributed by atoms with Crippen LogP contribution < -0.4 is 5.32 Å². The molecule has 0 radical (unpaired) electrons. The zero-order valence-corrected chi connectivity index (χ0v) is 9.29. The van der Waals surface area contributed by atoms with E-state index in [1.54, 1.807) is 13.8 Å². The molecule has 88 valence electrons. The molecule has 0 aliphatic carbocycles. The molecule has 0 saturated carbocycles. The number of carbonyl (C=O) groups excluding carboxylic acids is 2. The molecule has 0 aromatic carbocycles. The number of H-pyrrole nitrogens is 1. The molecule has 0 fully saturated rings. The van der Waals surface area contributed by atoms with E-state index >= 15 is 0 Å². The molecule has 1 aromatic rings. The molecule has 0 aliphatic rings. The third-order valence-electron chi connectivity index (χ3n) is 1.83. The van der Waals surface area contributed by atoms with Gasteiger partial charge in [0.05, 0.1) is 13.7 Å². The molecule has 0 unspecified atom stereocenters. The first-order valence-corrected chi connectivity index (χ1v) is 4.67. The Bertz CT molecular complexity index is 399. The average Bonchev–Trinajstić information content (AvgIpc) is 2.60. The molecule has 16 heavy (non-hydrogen) atoms. The first-order valence-electron chi connectivity index (χ1n) is 4.67. The summed E-state index contributed by atoms with van der Waals surface area (Å²) in [5, 5.41) is 8.67. The lowest BCUT2D eigenvalue weighted by atomic mass is 10.2. The highest BCUT2D eigenvalue weighted by Crippen LogP contribution is 2.17. The summed E-state index contributed by atoms with van der Waals surface area (Å²) in [6, 6.07) is 0. The summed E-state index contributed by atoms with van der Waals surface area (Å²) in [5.74, 6) is -0.442. The van der Waals surface area contributed by atoms with E-state index in [9.17, 15) is 9.59 Å². The van der Waals surface area contributed by atoms with E-state index in [4.69, 9.17) is 4.74 Å². The number of nitrogens with zero attached hydrogens (tertiary/aromatic N) is 1. The largest absolute Gasteiger partial charge is 0.462 e. The van der Waals surface area contributed by atoms with Gasteiger partial charge in [0.15, 0.2) is 5.82 Å². The number of carbonyl (C=O) groups is 2. The number of hydrogen-bond donors (Lipinski definition) is 2. The van der Waals surface area contributed by atoms with Crippen LogP contribution in [0.3, 0.4) is 0 Å². The van der Waals surface area contributed by atoms with Crippen molar-refractivity contribution in [2.45, 2.75) is 13.8 Å². The lowest BCUT2D eigenvalue weighted by Gasteiger charge is -2.04. The van der Waals surface area contributed by atoms with Crippen LogP contribution in [0, 0.1) is 6.92 Å². The Labute approximate surface area is 92.1 Å². The van der Waals surface area contributed by atoms with Crippen LogP contribution in [0.5, 0.6) is 0 Å². The minimum absolute atomic E-state index is 0.0998. The predicted octanol–water partition coefficient (Wildman–Crippen LogP) is 1.07. The van der Waals surface area contributed by atoms with Gasteiger partial charge in [-0.1, -0.05) is 0 Å². The molecule has 7 nitrogen and oxygen atoms in total. The van der Waals surface area contributed by atoms with E-state index in [0.29, 0.717) is 5.69 Å². The minimum atomic E-state index is -0.697. The number of amides is 1. The number of aromatic amines is 1. The van der Waals surface area contributed by atoms with E-state index in [2.05, 4.69) is 20.3 Å². The topological polar surface area (TPSA) is 93.3 Å². The average molecular weight is 227 g/mol. The Kier molecular flexibility index (Phi) is 3.87. The van der Waals surface area contributed by atoms with Crippen LogP contribution in [-0.2, 0) is 9.47 Å². The van der Waals surface area contributed by atoms with Crippen LogP contribution in [-0.4, -0.2) is 36.0 Å². The number of nitrogens with one attached hydrogen (secondary N) is 2. The summed E-state index contributed by atoms with van der Waals surface area (Å²) in [4.78, 5) is 22.5. The Balaban J connectivity index is 2.93. The lowest BCUT2D eigenvalue weighted by molar-refractivity contribution is 0.0527. The normalized spacial score (nSPS) is 9.69. The summed E-state index contributed by atoms with van der Waals surface area (Å²) in [6.45, 7) is 3.60. The number of rotatable bonds is 3. The molecule has 1 heterocycles. The van der Waals surface area contributed by atoms with Gasteiger partial charge in [-0.3, -0.25) is 10.4 Å². The highest BCUT2D eigenvalue weighted by atomic mass is 16.5. The Morgan fingerprint density at radius 2 is 2.19 bits per heavy atom. The second kappa shape index (κ2) is 5.15. The quantitative estimate of drug-likeness (QED) is 0.753. The first-order chi connectivity index (χ1) is 7.60. The van der Waals surface area contributed by atoms with Crippen molar-refractivity contribution < 1.29 is 19.1 Å². The van der Waals surface area contributed by atoms with Gasteiger partial charge in [-0.25, -0.2) is 9.59 Å². The number of ether oxygens (including phenoxy) is 2. The number of hydrogen-bond acceptors (Lipinski definition) is 5. The van der Waals surface area contributed by atoms with Crippen molar-refractivity contribution in [3.05, 3.63) is 11.3 Å². The molecule has 7 heteroatoms. The van der Waals surface area contributed by atoms with Crippen molar-refractivity contribution >= 4 is 17.9 Å². The van der Waals surface area contributed by atoms with Crippen LogP contribution in [0.15, 0.2) is 0 Å². The molecule has 0 bridgehead atoms. The van der Waals surface area contributed by atoms with Crippen molar-refractivity contribution in [3.63, 3.8) is 0 Å². The standard InChI is InChI=1S/C9H13N3O4/c1-4-16-8(13)6-5(2)11-12-7(6)10-9(14)15-3/h4H2,1-3H3,(H2,10,11,12,14). The van der Waals surface area contributed by atoms with Crippen molar-refractivity contribution in [2.75, 3.05) is 19.0 Å². The Morgan fingerprint density at radius 3 is 2.75 bits per heavy atom. The van der Waals surface area contributed by atoms with Crippen molar-refractivity contribution in [3.8, 4) is 0 Å². The second-order valence-electron chi connectivity index (χ2n) is 2.91. The summed E-state index contributed by atoms with van der Waals surface area (Å²) in [5.41, 5.74) is 0.720. The minimum Gasteiger partial charge on any atom is -0.462 e. The molecule has 0 spiro atoms. The second-order valence-corrected chi connectivity index (χ2v) is 2.91. The maximum absolute atomic E-state index is 11.5. The molecule has 0 saturated heterocycles. The maximum atomic E-state index is 11.5. The fourth-order valence-electron chi connectivity index (χ4n) is 1.12. The monoisotopic (exact) mass is 227 g/mol. The highest BCUT2D eigenvalue weighted by molar-refractivity contribution is 5.99. The van der Waals surface area contributed by atoms with E-state index < -0.39 is 12.1 Å². The number of methoxy groups -OCH3 is 1. The van der Waals surface area contributed by atoms with Crippen LogP contribution in [0.2, 0.25) is 0 Å². The number of aryl methyl sites for hydroxylation is 1. The molecule has 0 aliphatic heterocycles. The van der Waals surface area contributed by atoms with Gasteiger partial charge in [-0.05, 0) is 13.8 Å². The Morgan fingerprint density at radius 1 is 1.50 bits per heavy atom. The molecule has 2 N–H and O–H groups in total. The van der Waals surface area contributed by atoms with Crippen LogP contribution in [0.4, 0.5) is 10.6 Å². The van der Waals surface area contributed by atoms with Gasteiger partial charge in [0, 0.05) is 5.69 Å². The highest BCUT2D eigenvalue weighted by Gasteiger charge is 2.20. The third kappa shape index (κ3) is 2.50. The predicted molar refractivity (Wildman–Crippen MR) is 55.3 cm³/mol. The van der Waals surface area contributed by atoms with Gasteiger partial charge in [0.25, 0.3) is 0 Å². The molecular weight excluding hydrogens is 214 g/mol. The third-order valence-corrected chi connectivity index (χ3v) is 1.83. The van der Waals surface area contributed by atoms with Gasteiger partial charge >= 0.3 is 12.1 Å².